The molecule has 1 rings (SSSR count). The maximum Gasteiger partial charge on any atom is 0.332 e. The van der Waals surface area contributed by atoms with Gasteiger partial charge in [-0.3, -0.25) is 0 Å². The molecule has 7 nitrogen and oxygen atoms in total. The average molecular weight is 317 g/mol. The van der Waals surface area contributed by atoms with Crippen LogP contribution >= 0.6 is 11.6 Å². The molecular weight excluding hydrogens is 300 g/mol. The Morgan fingerprint density at radius 2 is 2.10 bits per heavy atom. The molecule has 0 aliphatic heterocycles. The number of aliphatic hydroxyl groups excluding tert-OH is 1. The van der Waals surface area contributed by atoms with Gasteiger partial charge in [0.05, 0.1) is 12.8 Å². The van der Waals surface area contributed by atoms with Crippen LogP contribution in [0.3, 0.4) is 0 Å². The molecule has 1 atom stereocenters. The van der Waals surface area contributed by atoms with Crippen LogP contribution in [0.1, 0.15) is 12.0 Å². The molecule has 0 bridgehead atoms. The van der Waals surface area contributed by atoms with Gasteiger partial charge in [-0.25, -0.2) is 9.59 Å². The lowest BCUT2D eigenvalue weighted by Crippen LogP contribution is -2.33. The first-order valence-corrected chi connectivity index (χ1v) is 6.52. The number of hydrogen-bond acceptors (Lipinski definition) is 4. The topological polar surface area (TPSA) is 108 Å². The van der Waals surface area contributed by atoms with Gasteiger partial charge in [0.15, 0.2) is 6.10 Å². The lowest BCUT2D eigenvalue weighted by atomic mass is 10.2. The van der Waals surface area contributed by atoms with Gasteiger partial charge >= 0.3 is 12.0 Å². The fraction of sp³-hybridized carbons (Fsp3) is 0.385. The molecule has 0 aromatic heterocycles. The number of methoxy groups -OCH3 is 1. The molecule has 0 aliphatic carbocycles. The first-order valence-electron chi connectivity index (χ1n) is 6.15. The highest BCUT2D eigenvalue weighted by Gasteiger charge is 2.14. The summed E-state index contributed by atoms with van der Waals surface area (Å²) in [4.78, 5) is 22.1. The van der Waals surface area contributed by atoms with E-state index < -0.39 is 18.1 Å². The van der Waals surface area contributed by atoms with Crippen molar-refractivity contribution >= 4 is 29.3 Å². The van der Waals surface area contributed by atoms with E-state index in [2.05, 4.69) is 10.6 Å². The van der Waals surface area contributed by atoms with Crippen LogP contribution in [0.5, 0.6) is 5.75 Å². The van der Waals surface area contributed by atoms with Crippen molar-refractivity contribution in [1.82, 2.24) is 5.32 Å². The highest BCUT2D eigenvalue weighted by Crippen LogP contribution is 2.30. The molecule has 0 saturated heterocycles. The molecule has 0 saturated carbocycles. The van der Waals surface area contributed by atoms with Gasteiger partial charge in [-0.15, -0.1) is 0 Å². The lowest BCUT2D eigenvalue weighted by molar-refractivity contribution is -0.146. The van der Waals surface area contributed by atoms with Crippen LogP contribution in [-0.4, -0.2) is 42.0 Å². The lowest BCUT2D eigenvalue weighted by Gasteiger charge is -2.13. The Kier molecular flexibility index (Phi) is 6.26. The Labute approximate surface area is 126 Å². The van der Waals surface area contributed by atoms with E-state index in [1.54, 1.807) is 19.1 Å². The summed E-state index contributed by atoms with van der Waals surface area (Å²) in [7, 11) is 1.45. The number of aliphatic carboxylic acids is 1. The fourth-order valence-corrected chi connectivity index (χ4v) is 1.70. The number of hydrogen-bond donors (Lipinski definition) is 4. The minimum atomic E-state index is -1.50. The van der Waals surface area contributed by atoms with Crippen molar-refractivity contribution in [2.45, 2.75) is 19.4 Å². The Morgan fingerprint density at radius 3 is 2.67 bits per heavy atom. The summed E-state index contributed by atoms with van der Waals surface area (Å²) in [5.74, 6) is -0.918. The summed E-state index contributed by atoms with van der Waals surface area (Å²) < 4.78 is 5.11. The highest BCUT2D eigenvalue weighted by molar-refractivity contribution is 6.31. The predicted octanol–water partition coefficient (Wildman–Crippen LogP) is 1.61. The number of halogens is 1. The zero-order valence-electron chi connectivity index (χ0n) is 11.6. The minimum Gasteiger partial charge on any atom is -0.495 e. The summed E-state index contributed by atoms with van der Waals surface area (Å²) in [6, 6.07) is 2.71. The second-order valence-corrected chi connectivity index (χ2v) is 4.73. The van der Waals surface area contributed by atoms with Crippen LogP contribution < -0.4 is 15.4 Å². The van der Waals surface area contributed by atoms with Gasteiger partial charge in [-0.2, -0.15) is 0 Å². The Morgan fingerprint density at radius 1 is 1.43 bits per heavy atom. The molecule has 1 unspecified atom stereocenters. The first kappa shape index (κ1) is 17.1. The number of carboxylic acid groups (broad SMARTS) is 1. The number of amides is 2. The van der Waals surface area contributed by atoms with Gasteiger partial charge < -0.3 is 25.6 Å². The molecule has 0 radical (unpaired) electrons. The van der Waals surface area contributed by atoms with E-state index in [4.69, 9.17) is 26.6 Å². The summed E-state index contributed by atoms with van der Waals surface area (Å²) in [6.45, 7) is 1.81. The van der Waals surface area contributed by atoms with E-state index in [9.17, 15) is 9.59 Å². The van der Waals surface area contributed by atoms with Gasteiger partial charge in [0.25, 0.3) is 0 Å². The third kappa shape index (κ3) is 5.13. The third-order valence-corrected chi connectivity index (χ3v) is 3.12. The van der Waals surface area contributed by atoms with E-state index in [0.29, 0.717) is 16.5 Å². The van der Waals surface area contributed by atoms with Crippen molar-refractivity contribution in [2.24, 2.45) is 0 Å². The van der Waals surface area contributed by atoms with Crippen LogP contribution in [0.15, 0.2) is 12.1 Å². The number of carbonyl (C=O) groups excluding carboxylic acids is 1. The summed E-state index contributed by atoms with van der Waals surface area (Å²) in [5, 5.41) is 23.1. The molecule has 1 aromatic carbocycles. The quantitative estimate of drug-likeness (QED) is 0.638. The van der Waals surface area contributed by atoms with Crippen molar-refractivity contribution in [3.63, 3.8) is 0 Å². The van der Waals surface area contributed by atoms with Gasteiger partial charge in [-0.05, 0) is 18.6 Å². The van der Waals surface area contributed by atoms with Crippen molar-refractivity contribution in [2.75, 3.05) is 19.0 Å². The molecule has 2 amide bonds. The summed E-state index contributed by atoms with van der Waals surface area (Å²) >= 11 is 5.96. The first-order chi connectivity index (χ1) is 9.85. The number of aryl methyl sites for hydroxylation is 1. The Bertz CT molecular complexity index is 536. The number of urea groups is 1. The molecule has 0 spiro atoms. The zero-order chi connectivity index (χ0) is 16.0. The normalized spacial score (nSPS) is 11.6. The number of benzene rings is 1. The second kappa shape index (κ2) is 7.70. The van der Waals surface area contributed by atoms with E-state index in [0.717, 1.165) is 5.56 Å². The van der Waals surface area contributed by atoms with Gasteiger partial charge in [-0.1, -0.05) is 11.6 Å². The minimum absolute atomic E-state index is 0.0220. The number of nitrogens with one attached hydrogen (secondary N) is 2. The Balaban J connectivity index is 2.59. The molecule has 0 aliphatic rings. The number of rotatable bonds is 6. The molecule has 8 heteroatoms. The predicted molar refractivity (Wildman–Crippen MR) is 78.0 cm³/mol. The third-order valence-electron chi connectivity index (χ3n) is 2.72. The number of anilines is 1. The zero-order valence-corrected chi connectivity index (χ0v) is 12.4. The molecule has 1 aromatic rings. The average Bonchev–Trinajstić information content (AvgIpc) is 2.42. The molecule has 0 heterocycles. The number of ether oxygens (including phenoxy) is 1. The van der Waals surface area contributed by atoms with Crippen molar-refractivity contribution in [3.8, 4) is 5.75 Å². The van der Waals surface area contributed by atoms with Crippen LogP contribution in [0, 0.1) is 6.92 Å². The van der Waals surface area contributed by atoms with Crippen molar-refractivity contribution in [3.05, 3.63) is 22.7 Å². The fourth-order valence-electron chi connectivity index (χ4n) is 1.54. The van der Waals surface area contributed by atoms with E-state index in [-0.39, 0.29) is 13.0 Å². The standard InChI is InChI=1S/C13H17ClN2O5/c1-7-5-9(11(21-2)6-8(7)14)16-13(20)15-4-3-10(17)12(18)19/h5-6,10,17H,3-4H2,1-2H3,(H,18,19)(H2,15,16,20). The van der Waals surface area contributed by atoms with Gasteiger partial charge in [0.1, 0.15) is 5.75 Å². The van der Waals surface area contributed by atoms with E-state index >= 15 is 0 Å². The van der Waals surface area contributed by atoms with Crippen LogP contribution in [0.4, 0.5) is 10.5 Å². The number of carboxylic acids is 1. The molecule has 4 N–H and O–H groups in total. The molecule has 0 fully saturated rings. The van der Waals surface area contributed by atoms with Crippen LogP contribution in [0.2, 0.25) is 5.02 Å². The van der Waals surface area contributed by atoms with E-state index in [1.165, 1.54) is 7.11 Å². The van der Waals surface area contributed by atoms with Crippen molar-refractivity contribution < 1.29 is 24.5 Å². The van der Waals surface area contributed by atoms with Gasteiger partial charge in [0, 0.05) is 24.1 Å². The number of aliphatic hydroxyl groups is 1. The number of carbonyl (C=O) groups is 2. The second-order valence-electron chi connectivity index (χ2n) is 4.33. The maximum atomic E-state index is 11.7. The highest BCUT2D eigenvalue weighted by atomic mass is 35.5. The molecule has 116 valence electrons. The maximum absolute atomic E-state index is 11.7. The smallest absolute Gasteiger partial charge is 0.332 e. The monoisotopic (exact) mass is 316 g/mol. The van der Waals surface area contributed by atoms with E-state index in [1.807, 2.05) is 0 Å². The summed E-state index contributed by atoms with van der Waals surface area (Å²) in [6.07, 6.45) is -1.59. The molecular formula is C13H17ClN2O5. The van der Waals surface area contributed by atoms with Crippen LogP contribution in [-0.2, 0) is 4.79 Å². The molecule has 21 heavy (non-hydrogen) atoms. The van der Waals surface area contributed by atoms with Crippen molar-refractivity contribution in [1.29, 1.82) is 0 Å². The summed E-state index contributed by atoms with van der Waals surface area (Å²) in [5.41, 5.74) is 1.21. The SMILES string of the molecule is COc1cc(Cl)c(C)cc1NC(=O)NCCC(O)C(=O)O. The van der Waals surface area contributed by atoms with Crippen LogP contribution in [0.25, 0.3) is 0 Å². The van der Waals surface area contributed by atoms with Gasteiger partial charge in [0.2, 0.25) is 0 Å². The largest absolute Gasteiger partial charge is 0.495 e. The Hall–Kier alpha value is -1.99.